The Balaban J connectivity index is 1.34. The summed E-state index contributed by atoms with van der Waals surface area (Å²) in [4.78, 5) is 26.7. The third-order valence-corrected chi connectivity index (χ3v) is 5.15. The molecule has 1 heterocycles. The molecule has 4 rings (SSSR count). The highest BCUT2D eigenvalue weighted by Crippen LogP contribution is 2.18. The van der Waals surface area contributed by atoms with E-state index in [2.05, 4.69) is 0 Å². The lowest BCUT2D eigenvalue weighted by molar-refractivity contribution is 0.0792. The maximum Gasteiger partial charge on any atom is 0.253 e. The van der Waals surface area contributed by atoms with Gasteiger partial charge in [-0.25, -0.2) is 0 Å². The first-order valence-corrected chi connectivity index (χ1v) is 9.91. The average Bonchev–Trinajstić information content (AvgIpc) is 3.33. The van der Waals surface area contributed by atoms with Gasteiger partial charge in [-0.05, 0) is 54.8 Å². The molecule has 0 radical (unpaired) electrons. The van der Waals surface area contributed by atoms with Crippen LogP contribution >= 0.6 is 0 Å². The summed E-state index contributed by atoms with van der Waals surface area (Å²) in [7, 11) is 0. The molecule has 0 aliphatic carbocycles. The van der Waals surface area contributed by atoms with Crippen LogP contribution in [0, 0.1) is 0 Å². The monoisotopic (exact) mass is 385 g/mol. The largest absolute Gasteiger partial charge is 0.489 e. The van der Waals surface area contributed by atoms with Gasteiger partial charge in [-0.2, -0.15) is 0 Å². The van der Waals surface area contributed by atoms with E-state index in [1.54, 1.807) is 24.3 Å². The summed E-state index contributed by atoms with van der Waals surface area (Å²) in [6.45, 7) is 2.11. The van der Waals surface area contributed by atoms with Gasteiger partial charge in [-0.1, -0.05) is 42.5 Å². The number of hydrogen-bond acceptors (Lipinski definition) is 3. The van der Waals surface area contributed by atoms with Crippen LogP contribution in [0.3, 0.4) is 0 Å². The minimum atomic E-state index is -0.00425. The zero-order valence-corrected chi connectivity index (χ0v) is 16.2. The van der Waals surface area contributed by atoms with Crippen LogP contribution in [-0.4, -0.2) is 29.7 Å². The number of likely N-dealkylation sites (tertiary alicyclic amines) is 1. The maximum absolute atomic E-state index is 12.4. The second kappa shape index (κ2) is 8.74. The van der Waals surface area contributed by atoms with E-state index in [0.717, 1.165) is 37.1 Å². The van der Waals surface area contributed by atoms with Gasteiger partial charge in [0.1, 0.15) is 12.4 Å². The second-order valence-corrected chi connectivity index (χ2v) is 7.20. The first-order valence-electron chi connectivity index (χ1n) is 9.91. The van der Waals surface area contributed by atoms with Crippen molar-refractivity contribution >= 4 is 11.7 Å². The summed E-state index contributed by atoms with van der Waals surface area (Å²) in [5, 5.41) is 0. The van der Waals surface area contributed by atoms with Crippen LogP contribution in [0.2, 0.25) is 0 Å². The van der Waals surface area contributed by atoms with Gasteiger partial charge in [0.25, 0.3) is 5.91 Å². The lowest BCUT2D eigenvalue weighted by Gasteiger charge is -2.15. The van der Waals surface area contributed by atoms with Crippen LogP contribution in [0.1, 0.15) is 44.7 Å². The zero-order valence-electron chi connectivity index (χ0n) is 16.2. The molecule has 1 fully saturated rings. The summed E-state index contributed by atoms with van der Waals surface area (Å²) in [6, 6.07) is 24.0. The number of nitrogens with zero attached hydrogens (tertiary/aromatic N) is 1. The van der Waals surface area contributed by atoms with Crippen LogP contribution in [0.25, 0.3) is 0 Å². The molecule has 1 aliphatic heterocycles. The Morgan fingerprint density at radius 2 is 1.31 bits per heavy atom. The summed E-state index contributed by atoms with van der Waals surface area (Å²) >= 11 is 0. The molecule has 0 spiro atoms. The molecule has 146 valence electrons. The van der Waals surface area contributed by atoms with E-state index in [1.807, 2.05) is 59.5 Å². The van der Waals surface area contributed by atoms with Gasteiger partial charge in [0.05, 0.1) is 0 Å². The Labute approximate surface area is 170 Å². The Kier molecular flexibility index (Phi) is 5.71. The number of ketones is 1. The van der Waals surface area contributed by atoms with Crippen molar-refractivity contribution in [2.45, 2.75) is 19.4 Å². The molecule has 29 heavy (non-hydrogen) atoms. The van der Waals surface area contributed by atoms with Crippen LogP contribution in [0.4, 0.5) is 0 Å². The number of rotatable bonds is 6. The molecule has 0 unspecified atom stereocenters. The van der Waals surface area contributed by atoms with E-state index < -0.39 is 0 Å². The minimum Gasteiger partial charge on any atom is -0.489 e. The van der Waals surface area contributed by atoms with E-state index in [-0.39, 0.29) is 11.7 Å². The van der Waals surface area contributed by atoms with Crippen LogP contribution in [-0.2, 0) is 6.61 Å². The number of hydrogen-bond donors (Lipinski definition) is 0. The first kappa shape index (κ1) is 18.9. The minimum absolute atomic E-state index is 0.00425. The van der Waals surface area contributed by atoms with Gasteiger partial charge < -0.3 is 9.64 Å². The number of carbonyl (C=O) groups is 2. The summed E-state index contributed by atoms with van der Waals surface area (Å²) in [5.41, 5.74) is 3.02. The average molecular weight is 385 g/mol. The van der Waals surface area contributed by atoms with Crippen LogP contribution in [0.15, 0.2) is 78.9 Å². The van der Waals surface area contributed by atoms with Crippen molar-refractivity contribution in [3.63, 3.8) is 0 Å². The molecule has 4 nitrogen and oxygen atoms in total. The van der Waals surface area contributed by atoms with Gasteiger partial charge in [0.2, 0.25) is 0 Å². The lowest BCUT2D eigenvalue weighted by atomic mass is 10.0. The Bertz CT molecular complexity index is 973. The van der Waals surface area contributed by atoms with E-state index >= 15 is 0 Å². The van der Waals surface area contributed by atoms with Crippen molar-refractivity contribution in [1.29, 1.82) is 0 Å². The van der Waals surface area contributed by atoms with Crippen molar-refractivity contribution in [2.24, 2.45) is 0 Å². The van der Waals surface area contributed by atoms with E-state index in [1.165, 1.54) is 0 Å². The molecule has 3 aromatic rings. The molecule has 1 aliphatic rings. The molecule has 4 heteroatoms. The van der Waals surface area contributed by atoms with Gasteiger partial charge in [-0.3, -0.25) is 9.59 Å². The molecular formula is C25H23NO3. The highest BCUT2D eigenvalue weighted by molar-refractivity contribution is 6.09. The SMILES string of the molecule is O=C(c1ccccc1)c1ccc(OCc2ccc(C(=O)N3CCCC3)cc2)cc1. The molecule has 3 aromatic carbocycles. The van der Waals surface area contributed by atoms with Crippen molar-refractivity contribution in [1.82, 2.24) is 4.90 Å². The Morgan fingerprint density at radius 3 is 1.97 bits per heavy atom. The highest BCUT2D eigenvalue weighted by atomic mass is 16.5. The van der Waals surface area contributed by atoms with E-state index in [4.69, 9.17) is 4.74 Å². The normalized spacial score (nSPS) is 13.3. The molecule has 1 amide bonds. The number of carbonyl (C=O) groups excluding carboxylic acids is 2. The van der Waals surface area contributed by atoms with Crippen molar-refractivity contribution < 1.29 is 14.3 Å². The summed E-state index contributed by atoms with van der Waals surface area (Å²) < 4.78 is 5.83. The van der Waals surface area contributed by atoms with Crippen molar-refractivity contribution in [3.8, 4) is 5.75 Å². The quantitative estimate of drug-likeness (QED) is 0.576. The maximum atomic E-state index is 12.4. The highest BCUT2D eigenvalue weighted by Gasteiger charge is 2.19. The number of benzene rings is 3. The lowest BCUT2D eigenvalue weighted by Crippen LogP contribution is -2.27. The van der Waals surface area contributed by atoms with E-state index in [0.29, 0.717) is 23.5 Å². The number of ether oxygens (including phenoxy) is 1. The molecule has 0 saturated carbocycles. The first-order chi connectivity index (χ1) is 14.2. The van der Waals surface area contributed by atoms with Gasteiger partial charge in [0.15, 0.2) is 5.78 Å². The topological polar surface area (TPSA) is 46.6 Å². The second-order valence-electron chi connectivity index (χ2n) is 7.20. The Hall–Kier alpha value is -3.40. The fourth-order valence-corrected chi connectivity index (χ4v) is 3.47. The molecule has 0 aromatic heterocycles. The predicted octanol–water partition coefficient (Wildman–Crippen LogP) is 4.73. The zero-order chi connectivity index (χ0) is 20.1. The van der Waals surface area contributed by atoms with Gasteiger partial charge in [-0.15, -0.1) is 0 Å². The molecule has 0 N–H and O–H groups in total. The third kappa shape index (κ3) is 4.54. The fraction of sp³-hybridized carbons (Fsp3) is 0.200. The molecule has 1 saturated heterocycles. The van der Waals surface area contributed by atoms with E-state index in [9.17, 15) is 9.59 Å². The van der Waals surface area contributed by atoms with Crippen molar-refractivity contribution in [3.05, 3.63) is 101 Å². The summed E-state index contributed by atoms with van der Waals surface area (Å²) in [6.07, 6.45) is 2.18. The van der Waals surface area contributed by atoms with Crippen LogP contribution in [0.5, 0.6) is 5.75 Å². The smallest absolute Gasteiger partial charge is 0.253 e. The standard InChI is InChI=1S/C25H23NO3/c27-24(20-6-2-1-3-7-20)21-12-14-23(15-13-21)29-18-19-8-10-22(11-9-19)25(28)26-16-4-5-17-26/h1-3,6-15H,4-5,16-18H2. The summed E-state index contributed by atoms with van der Waals surface area (Å²) in [5.74, 6) is 0.802. The Morgan fingerprint density at radius 1 is 0.724 bits per heavy atom. The number of amides is 1. The van der Waals surface area contributed by atoms with Crippen LogP contribution < -0.4 is 4.74 Å². The van der Waals surface area contributed by atoms with Crippen molar-refractivity contribution in [2.75, 3.05) is 13.1 Å². The fourth-order valence-electron chi connectivity index (χ4n) is 3.47. The van der Waals surface area contributed by atoms with Gasteiger partial charge in [0, 0.05) is 29.8 Å². The predicted molar refractivity (Wildman–Crippen MR) is 112 cm³/mol. The molecular weight excluding hydrogens is 362 g/mol. The molecule has 0 atom stereocenters. The van der Waals surface area contributed by atoms with Gasteiger partial charge >= 0.3 is 0 Å². The molecule has 0 bridgehead atoms. The third-order valence-electron chi connectivity index (χ3n) is 5.15.